The van der Waals surface area contributed by atoms with Crippen LogP contribution < -0.4 is 29.9 Å². The highest BCUT2D eigenvalue weighted by Gasteiger charge is 2.68. The molecule has 0 fully saturated rings. The summed E-state index contributed by atoms with van der Waals surface area (Å²) in [6.45, 7) is 4.54. The third-order valence-corrected chi connectivity index (χ3v) is 18.9. The summed E-state index contributed by atoms with van der Waals surface area (Å²) in [7, 11) is -3.00. The van der Waals surface area contributed by atoms with Gasteiger partial charge in [0.15, 0.2) is 19.3 Å². The smallest absolute Gasteiger partial charge is 0.191 e. The average molecular weight is 757 g/mol. The minimum atomic E-state index is -3.00. The van der Waals surface area contributed by atoms with Gasteiger partial charge in [0, 0.05) is 33.2 Å². The molecule has 0 bridgehead atoms. The molecule has 5 heteroatoms. The fourth-order valence-electron chi connectivity index (χ4n) is 12.1. The standard InChI is InChI=1S/C53H36N4Si/c1-33-16-15-17-34(2)47(33)43-32-55-52-48-39(37-22-9-11-24-41(37)56(43)52)27-29-44-49(48)53(55)50-45(58(44,35-18-5-3-6-19-35)36-20-7-4-8-21-36)30-28-40-38-23-10-12-25-42(38)57(51(40)50)46-26-13-14-31-54(46)53/h3-32H,1-2H3/q+2. The molecule has 270 valence electrons. The highest BCUT2D eigenvalue weighted by atomic mass is 28.3. The van der Waals surface area contributed by atoms with Crippen LogP contribution in [0.3, 0.4) is 0 Å². The van der Waals surface area contributed by atoms with Gasteiger partial charge in [0.25, 0.3) is 11.5 Å². The number of fused-ring (bicyclic) bond motifs is 8. The molecule has 4 nitrogen and oxygen atoms in total. The Kier molecular flexibility index (Phi) is 5.59. The Morgan fingerprint density at radius 1 is 0.500 bits per heavy atom. The lowest BCUT2D eigenvalue weighted by Crippen LogP contribution is -2.86. The van der Waals surface area contributed by atoms with Gasteiger partial charge in [-0.25, -0.2) is 0 Å². The van der Waals surface area contributed by atoms with Gasteiger partial charge >= 0.3 is 5.66 Å². The third kappa shape index (κ3) is 3.25. The number of nitrogens with zero attached hydrogens (tertiary/aromatic N) is 4. The topological polar surface area (TPSA) is 17.1 Å². The van der Waals surface area contributed by atoms with Gasteiger partial charge in [0.1, 0.15) is 17.2 Å². The molecule has 1 spiro atoms. The second-order valence-electron chi connectivity index (χ2n) is 16.6. The fourth-order valence-corrected chi connectivity index (χ4v) is 17.4. The van der Waals surface area contributed by atoms with Crippen LogP contribution in [0.2, 0.25) is 0 Å². The summed E-state index contributed by atoms with van der Waals surface area (Å²) in [5.41, 5.74) is 12.2. The monoisotopic (exact) mass is 756 g/mol. The second-order valence-corrected chi connectivity index (χ2v) is 20.3. The molecule has 3 aliphatic rings. The Morgan fingerprint density at radius 2 is 1.10 bits per heavy atom. The van der Waals surface area contributed by atoms with Crippen LogP contribution in [0.5, 0.6) is 0 Å². The molecule has 0 saturated carbocycles. The van der Waals surface area contributed by atoms with E-state index in [1.807, 2.05) is 0 Å². The lowest BCUT2D eigenvalue weighted by atomic mass is 9.85. The van der Waals surface area contributed by atoms with Crippen molar-refractivity contribution >= 4 is 77.9 Å². The van der Waals surface area contributed by atoms with Gasteiger partial charge in [-0.1, -0.05) is 133 Å². The van der Waals surface area contributed by atoms with Crippen molar-refractivity contribution in [3.8, 4) is 17.1 Å². The van der Waals surface area contributed by atoms with Gasteiger partial charge in [-0.3, -0.25) is 0 Å². The molecule has 7 heterocycles. The summed E-state index contributed by atoms with van der Waals surface area (Å²) in [5.74, 6) is 1.17. The van der Waals surface area contributed by atoms with Crippen molar-refractivity contribution in [3.05, 3.63) is 205 Å². The molecular weight excluding hydrogens is 721 g/mol. The minimum absolute atomic E-state index is 0.718. The number of benzene rings is 7. The molecule has 4 aromatic heterocycles. The molecule has 0 saturated heterocycles. The van der Waals surface area contributed by atoms with Gasteiger partial charge in [-0.15, -0.1) is 0 Å². The third-order valence-electron chi connectivity index (χ3n) is 14.1. The summed E-state index contributed by atoms with van der Waals surface area (Å²) in [6, 6.07) is 64.7. The Morgan fingerprint density at radius 3 is 1.83 bits per heavy atom. The van der Waals surface area contributed by atoms with Crippen LogP contribution in [-0.4, -0.2) is 17.0 Å². The zero-order chi connectivity index (χ0) is 38.1. The zero-order valence-electron chi connectivity index (χ0n) is 32.1. The van der Waals surface area contributed by atoms with Crippen molar-refractivity contribution in [1.82, 2.24) is 8.97 Å². The molecule has 7 aromatic carbocycles. The van der Waals surface area contributed by atoms with Crippen LogP contribution in [0.15, 0.2) is 182 Å². The van der Waals surface area contributed by atoms with E-state index >= 15 is 0 Å². The predicted octanol–water partition coefficient (Wildman–Crippen LogP) is 7.82. The molecule has 0 amide bonds. The summed E-state index contributed by atoms with van der Waals surface area (Å²) >= 11 is 0. The van der Waals surface area contributed by atoms with E-state index in [9.17, 15) is 0 Å². The maximum Gasteiger partial charge on any atom is 0.311 e. The molecule has 0 N–H and O–H groups in total. The van der Waals surface area contributed by atoms with Crippen LogP contribution in [0, 0.1) is 13.8 Å². The van der Waals surface area contributed by atoms with E-state index in [-0.39, 0.29) is 0 Å². The molecule has 0 aliphatic carbocycles. The largest absolute Gasteiger partial charge is 0.311 e. The van der Waals surface area contributed by atoms with Crippen molar-refractivity contribution in [2.45, 2.75) is 19.5 Å². The van der Waals surface area contributed by atoms with Gasteiger partial charge in [-0.05, 0) is 76.1 Å². The normalized spacial score (nSPS) is 16.7. The predicted molar refractivity (Wildman–Crippen MR) is 237 cm³/mol. The van der Waals surface area contributed by atoms with Crippen molar-refractivity contribution in [3.63, 3.8) is 0 Å². The van der Waals surface area contributed by atoms with E-state index in [1.165, 1.54) is 109 Å². The Bertz CT molecular complexity index is 3590. The quantitative estimate of drug-likeness (QED) is 0.0995. The summed E-state index contributed by atoms with van der Waals surface area (Å²) < 4.78 is 10.5. The zero-order valence-corrected chi connectivity index (χ0v) is 33.1. The number of hydrogen-bond acceptors (Lipinski definition) is 0. The highest BCUT2D eigenvalue weighted by Crippen LogP contribution is 2.50. The van der Waals surface area contributed by atoms with Crippen LogP contribution in [0.25, 0.3) is 66.2 Å². The number of aryl methyl sites for hydroxylation is 2. The first-order valence-electron chi connectivity index (χ1n) is 20.4. The number of imidazole rings is 1. The van der Waals surface area contributed by atoms with Crippen molar-refractivity contribution in [2.24, 2.45) is 0 Å². The second kappa shape index (κ2) is 10.4. The molecule has 11 aromatic rings. The lowest BCUT2D eigenvalue weighted by molar-refractivity contribution is -0.955. The van der Waals surface area contributed by atoms with Crippen molar-refractivity contribution < 1.29 is 9.13 Å². The SMILES string of the molecule is Cc1cccc(C)c1-c1c[n+]2c3c4c5c(ccc4c4ccccc4n13)[Si](c1ccccc1)(c1ccccc1)c1ccc3c4ccccc4n4c3c1C52[n+]1ccccc1-4. The first kappa shape index (κ1) is 31.1. The lowest BCUT2D eigenvalue weighted by Gasteiger charge is -2.45. The Hall–Kier alpha value is -7.08. The average Bonchev–Trinajstić information content (AvgIpc) is 3.92. The van der Waals surface area contributed by atoms with Gasteiger partial charge < -0.3 is 0 Å². The molecule has 1 atom stereocenters. The Balaban J connectivity index is 1.34. The first-order chi connectivity index (χ1) is 28.6. The van der Waals surface area contributed by atoms with Crippen molar-refractivity contribution in [1.29, 1.82) is 0 Å². The highest BCUT2D eigenvalue weighted by molar-refractivity contribution is 7.20. The van der Waals surface area contributed by atoms with E-state index in [0.29, 0.717) is 0 Å². The number of para-hydroxylation sites is 2. The van der Waals surface area contributed by atoms with E-state index in [0.717, 1.165) is 0 Å². The number of pyridine rings is 2. The fraction of sp³-hybridized carbons (Fsp3) is 0.0566. The summed E-state index contributed by atoms with van der Waals surface area (Å²) in [6.07, 6.45) is 4.88. The van der Waals surface area contributed by atoms with Gasteiger partial charge in [-0.2, -0.15) is 18.1 Å². The molecule has 58 heavy (non-hydrogen) atoms. The van der Waals surface area contributed by atoms with E-state index in [1.54, 1.807) is 0 Å². The van der Waals surface area contributed by atoms with Gasteiger partial charge in [0.05, 0.1) is 22.7 Å². The molecular formula is C53H36N4Si+2. The number of rotatable bonds is 3. The number of aromatic nitrogens is 4. The molecule has 3 aliphatic heterocycles. The van der Waals surface area contributed by atoms with Crippen molar-refractivity contribution in [2.75, 3.05) is 0 Å². The maximum absolute atomic E-state index is 3.00. The summed E-state index contributed by atoms with van der Waals surface area (Å²) in [4.78, 5) is 0. The maximum atomic E-state index is 2.71. The molecule has 14 rings (SSSR count). The minimum Gasteiger partial charge on any atom is -0.191 e. The first-order valence-corrected chi connectivity index (χ1v) is 22.4. The summed E-state index contributed by atoms with van der Waals surface area (Å²) in [5, 5.41) is 12.3. The van der Waals surface area contributed by atoms with E-state index < -0.39 is 13.7 Å². The van der Waals surface area contributed by atoms with E-state index in [2.05, 4.69) is 214 Å². The van der Waals surface area contributed by atoms with Crippen LogP contribution in [0.1, 0.15) is 22.3 Å². The van der Waals surface area contributed by atoms with E-state index in [4.69, 9.17) is 0 Å². The van der Waals surface area contributed by atoms with Crippen LogP contribution in [-0.2, 0) is 5.66 Å². The number of hydrogen-bond donors (Lipinski definition) is 0. The van der Waals surface area contributed by atoms with Crippen LogP contribution in [0.4, 0.5) is 0 Å². The van der Waals surface area contributed by atoms with Crippen LogP contribution >= 0.6 is 0 Å². The Labute approximate surface area is 335 Å². The van der Waals surface area contributed by atoms with Gasteiger partial charge in [0.2, 0.25) is 0 Å². The molecule has 1 unspecified atom stereocenters. The molecule has 0 radical (unpaired) electrons.